The van der Waals surface area contributed by atoms with Gasteiger partial charge in [-0.15, -0.1) is 22.7 Å². The van der Waals surface area contributed by atoms with Gasteiger partial charge in [-0.25, -0.2) is 9.59 Å². The van der Waals surface area contributed by atoms with Crippen LogP contribution < -0.4 is 18.9 Å². The van der Waals surface area contributed by atoms with E-state index < -0.39 is 5.97 Å². The van der Waals surface area contributed by atoms with Gasteiger partial charge < -0.3 is 31.4 Å². The number of aryl methyl sites for hydroxylation is 4. The summed E-state index contributed by atoms with van der Waals surface area (Å²) in [5, 5.41) is 15.8. The van der Waals surface area contributed by atoms with Gasteiger partial charge in [-0.3, -0.25) is 9.97 Å². The molecule has 0 amide bonds. The number of ether oxygens (including phenoxy) is 1. The Hall–Kier alpha value is -2.40. The second-order valence-electron chi connectivity index (χ2n) is 6.58. The zero-order valence-electron chi connectivity index (χ0n) is 20.6. The third-order valence-corrected chi connectivity index (χ3v) is 7.14. The topological polar surface area (TPSA) is 203 Å². The molecule has 0 fully saturated rings. The fraction of sp³-hybridized carbons (Fsp3) is 0.273. The molecule has 10 nitrogen and oxygen atoms in total. The zero-order valence-corrected chi connectivity index (χ0v) is 22.2. The normalized spacial score (nSPS) is 9.00. The van der Waals surface area contributed by atoms with Gasteiger partial charge in [0.2, 0.25) is 0 Å². The van der Waals surface area contributed by atoms with Gasteiger partial charge in [0, 0.05) is 19.5 Å². The molecule has 4 aromatic rings. The molecule has 0 unspecified atom stereocenters. The molecule has 4 rings (SSSR count). The average Bonchev–Trinajstić information content (AvgIpc) is 3.40. The van der Waals surface area contributed by atoms with Crippen molar-refractivity contribution in [1.29, 1.82) is 0 Å². The summed E-state index contributed by atoms with van der Waals surface area (Å²) in [6.07, 6.45) is 3.60. The summed E-state index contributed by atoms with van der Waals surface area (Å²) in [5.74, 6) is -1.18. The van der Waals surface area contributed by atoms with E-state index in [9.17, 15) is 9.59 Å². The summed E-state index contributed by atoms with van der Waals surface area (Å²) < 4.78 is 6.72. The Morgan fingerprint density at radius 3 is 1.57 bits per heavy atom. The van der Waals surface area contributed by atoms with E-state index >= 15 is 0 Å². The molecule has 4 aromatic heterocycles. The molecule has 0 spiro atoms. The van der Waals surface area contributed by atoms with E-state index in [1.165, 1.54) is 35.3 Å². The fourth-order valence-electron chi connectivity index (χ4n) is 2.68. The largest absolute Gasteiger partial charge is 1.00 e. The quantitative estimate of drug-likeness (QED) is 0.273. The van der Waals surface area contributed by atoms with E-state index in [4.69, 9.17) is 10.2 Å². The van der Waals surface area contributed by atoms with Gasteiger partial charge in [0.1, 0.15) is 9.75 Å². The third-order valence-electron chi connectivity index (χ3n) is 4.68. The Kier molecular flexibility index (Phi) is 17.3. The van der Waals surface area contributed by atoms with Crippen molar-refractivity contribution in [2.45, 2.75) is 27.7 Å². The van der Waals surface area contributed by atoms with Crippen molar-refractivity contribution in [2.24, 2.45) is 0 Å². The van der Waals surface area contributed by atoms with Crippen molar-refractivity contribution in [3.8, 4) is 0 Å². The second kappa shape index (κ2) is 16.3. The summed E-state index contributed by atoms with van der Waals surface area (Å²) >= 11 is 2.72. The number of hydrogen-bond acceptors (Lipinski definition) is 9. The Labute approximate surface area is 222 Å². The standard InChI is InChI=1S/C11H11NO2S.C10H9NO2S.CH4O.Li.3H2O/c1-6-5-12-8-4-9(11(13)14-3)15-10(8)7(6)2;1-5-4-11-7-3-8(10(12)13)14-9(7)6(5)2;1-2;;;;/h4-5H,1-3H3;3-4H,1-2H3,(H,12,13);2H,1H3;;3*1H2/q;;;+1;;;/p-1. The number of fused-ring (bicyclic) bond motifs is 2. The van der Waals surface area contributed by atoms with Crippen LogP contribution in [0.5, 0.6) is 0 Å². The number of thiophene rings is 2. The number of aliphatic hydroxyl groups excluding tert-OH is 1. The Morgan fingerprint density at radius 1 is 0.829 bits per heavy atom. The molecule has 0 aliphatic rings. The number of rotatable bonds is 2. The van der Waals surface area contributed by atoms with Gasteiger partial charge in [-0.05, 0) is 62.1 Å². The van der Waals surface area contributed by atoms with E-state index in [1.54, 1.807) is 18.3 Å². The van der Waals surface area contributed by atoms with E-state index in [2.05, 4.69) is 14.7 Å². The van der Waals surface area contributed by atoms with Crippen LogP contribution in [0, 0.1) is 27.7 Å². The van der Waals surface area contributed by atoms with E-state index in [0.717, 1.165) is 44.2 Å². The average molecular weight is 521 g/mol. The Morgan fingerprint density at radius 2 is 1.20 bits per heavy atom. The van der Waals surface area contributed by atoms with Gasteiger partial charge in [-0.2, -0.15) is 0 Å². The number of carbonyl (C=O) groups is 2. The summed E-state index contributed by atoms with van der Waals surface area (Å²) in [6.45, 7) is 8.01. The number of carbonyl (C=O) groups excluding carboxylic acids is 1. The van der Waals surface area contributed by atoms with Crippen molar-refractivity contribution in [2.75, 3.05) is 14.2 Å². The first-order chi connectivity index (χ1) is 14.7. The monoisotopic (exact) mass is 520 g/mol. The molecule has 0 saturated carbocycles. The van der Waals surface area contributed by atoms with Gasteiger partial charge in [0.05, 0.1) is 27.5 Å². The van der Waals surface area contributed by atoms with Crippen LogP contribution >= 0.6 is 22.7 Å². The maximum atomic E-state index is 11.3. The van der Waals surface area contributed by atoms with E-state index in [1.807, 2.05) is 33.9 Å². The molecule has 0 aliphatic carbocycles. The van der Waals surface area contributed by atoms with Gasteiger partial charge in [0.25, 0.3) is 0 Å². The smallest absolute Gasteiger partial charge is 0.870 e. The van der Waals surface area contributed by atoms with E-state index in [-0.39, 0.29) is 41.3 Å². The number of hydrogen-bond donors (Lipinski definition) is 2. The number of pyridine rings is 2. The molecular weight excluding hydrogens is 491 g/mol. The number of carboxylic acids is 1. The van der Waals surface area contributed by atoms with Crippen LogP contribution in [-0.4, -0.2) is 62.8 Å². The number of carboxylic acid groups (broad SMARTS) is 1. The summed E-state index contributed by atoms with van der Waals surface area (Å²) in [6, 6.07) is 3.40. The molecule has 0 aliphatic heterocycles. The van der Waals surface area contributed by atoms with Crippen LogP contribution in [0.25, 0.3) is 20.4 Å². The minimum atomic E-state index is -0.884. The number of aromatic carboxylic acids is 1. The zero-order chi connectivity index (χ0) is 23.3. The number of aliphatic hydroxyl groups is 1. The molecular formula is C22H29LiN2O8S2. The van der Waals surface area contributed by atoms with Gasteiger partial charge >= 0.3 is 30.8 Å². The molecule has 0 saturated heterocycles. The summed E-state index contributed by atoms with van der Waals surface area (Å²) in [7, 11) is 2.39. The van der Waals surface area contributed by atoms with Gasteiger partial charge in [-0.1, -0.05) is 0 Å². The van der Waals surface area contributed by atoms with Crippen LogP contribution in [0.1, 0.15) is 41.6 Å². The second-order valence-corrected chi connectivity index (χ2v) is 8.68. The minimum Gasteiger partial charge on any atom is -0.870 e. The number of nitrogens with zero attached hydrogens (tertiary/aromatic N) is 2. The fourth-order valence-corrected chi connectivity index (χ4v) is 4.78. The van der Waals surface area contributed by atoms with Crippen molar-refractivity contribution >= 4 is 55.0 Å². The van der Waals surface area contributed by atoms with Crippen molar-refractivity contribution < 1.29 is 59.8 Å². The summed E-state index contributed by atoms with van der Waals surface area (Å²) in [4.78, 5) is 31.5. The molecule has 7 N–H and O–H groups in total. The van der Waals surface area contributed by atoms with Gasteiger partial charge in [0.15, 0.2) is 0 Å². The predicted molar refractivity (Wildman–Crippen MR) is 134 cm³/mol. The van der Waals surface area contributed by atoms with Crippen LogP contribution in [0.15, 0.2) is 24.5 Å². The Balaban J connectivity index is -0.000000494. The first kappa shape index (κ1) is 37.2. The van der Waals surface area contributed by atoms with Crippen LogP contribution in [-0.2, 0) is 4.74 Å². The number of aromatic nitrogens is 2. The molecule has 188 valence electrons. The maximum absolute atomic E-state index is 11.3. The molecule has 35 heavy (non-hydrogen) atoms. The van der Waals surface area contributed by atoms with Crippen LogP contribution in [0.4, 0.5) is 0 Å². The Bertz CT molecular complexity index is 1260. The number of methoxy groups -OCH3 is 1. The van der Waals surface area contributed by atoms with Crippen LogP contribution in [0.3, 0.4) is 0 Å². The van der Waals surface area contributed by atoms with Crippen LogP contribution in [0.2, 0.25) is 0 Å². The molecule has 4 heterocycles. The summed E-state index contributed by atoms with van der Waals surface area (Å²) in [5.41, 5.74) is 6.17. The van der Waals surface area contributed by atoms with E-state index in [0.29, 0.717) is 9.75 Å². The molecule has 0 atom stereocenters. The minimum absolute atomic E-state index is 0. The molecule has 0 bridgehead atoms. The van der Waals surface area contributed by atoms with Crippen molar-refractivity contribution in [3.63, 3.8) is 0 Å². The van der Waals surface area contributed by atoms with Crippen molar-refractivity contribution in [3.05, 3.63) is 56.5 Å². The first-order valence-electron chi connectivity index (χ1n) is 9.20. The van der Waals surface area contributed by atoms with Crippen molar-refractivity contribution in [1.82, 2.24) is 9.97 Å². The first-order valence-corrected chi connectivity index (χ1v) is 10.8. The predicted octanol–water partition coefficient (Wildman–Crippen LogP) is 0.0974. The molecule has 13 heteroatoms. The maximum Gasteiger partial charge on any atom is 1.00 e. The number of esters is 1. The third kappa shape index (κ3) is 8.34. The molecule has 0 aromatic carbocycles. The SMILES string of the molecule is CO.COC(=O)c1cc2ncc(C)c(C)c2s1.Cc1cnc2cc(C(=O)O)sc2c1C.O.O.[Li+].[OH-]. The molecule has 0 radical (unpaired) electrons.